The number of halogens is 1. The van der Waals surface area contributed by atoms with Crippen LogP contribution in [0.1, 0.15) is 54.3 Å². The Hall–Kier alpha value is -3.09. The van der Waals surface area contributed by atoms with Crippen molar-refractivity contribution in [2.24, 2.45) is 0 Å². The number of Topliss-reactive ketones (excluding diaryl/α,β-unsaturated/α-hetero) is 1. The molecule has 1 aromatic heterocycles. The predicted octanol–water partition coefficient (Wildman–Crippen LogP) is 6.86. The summed E-state index contributed by atoms with van der Waals surface area (Å²) in [7, 11) is 0. The number of benzene rings is 2. The summed E-state index contributed by atoms with van der Waals surface area (Å²) in [4.78, 5) is 28.7. The van der Waals surface area contributed by atoms with Gasteiger partial charge in [-0.3, -0.25) is 14.5 Å². The first kappa shape index (κ1) is 24.0. The zero-order valence-electron chi connectivity index (χ0n) is 19.5. The van der Waals surface area contributed by atoms with Crippen molar-refractivity contribution in [2.45, 2.75) is 39.7 Å². The van der Waals surface area contributed by atoms with E-state index >= 15 is 0 Å². The fourth-order valence-corrected chi connectivity index (χ4v) is 5.13. The van der Waals surface area contributed by atoms with Gasteiger partial charge in [-0.1, -0.05) is 37.6 Å². The number of anilines is 1. The number of aliphatic hydroxyl groups excluding tert-OH is 1. The van der Waals surface area contributed by atoms with Crippen LogP contribution in [0.2, 0.25) is 5.02 Å². The summed E-state index contributed by atoms with van der Waals surface area (Å²) >= 11 is 7.76. The van der Waals surface area contributed by atoms with Crippen LogP contribution in [0.25, 0.3) is 5.76 Å². The minimum Gasteiger partial charge on any atom is -0.507 e. The number of aryl methyl sites for hydroxylation is 1. The molecule has 34 heavy (non-hydrogen) atoms. The first-order valence-electron chi connectivity index (χ1n) is 11.1. The molecule has 0 radical (unpaired) electrons. The summed E-state index contributed by atoms with van der Waals surface area (Å²) in [6, 6.07) is 13.5. The number of carbonyl (C=O) groups is 2. The lowest BCUT2D eigenvalue weighted by molar-refractivity contribution is -0.132. The van der Waals surface area contributed by atoms with Crippen LogP contribution in [0.4, 0.5) is 5.69 Å². The maximum atomic E-state index is 13.3. The highest BCUT2D eigenvalue weighted by Crippen LogP contribution is 2.44. The van der Waals surface area contributed by atoms with Gasteiger partial charge in [0.25, 0.3) is 11.7 Å². The Bertz CT molecular complexity index is 1280. The molecule has 1 saturated heterocycles. The van der Waals surface area contributed by atoms with Crippen LogP contribution in [0, 0.1) is 6.92 Å². The van der Waals surface area contributed by atoms with Gasteiger partial charge in [0.05, 0.1) is 12.2 Å². The number of amides is 1. The van der Waals surface area contributed by atoms with Crippen molar-refractivity contribution in [2.75, 3.05) is 11.5 Å². The van der Waals surface area contributed by atoms with Crippen molar-refractivity contribution in [1.82, 2.24) is 0 Å². The highest BCUT2D eigenvalue weighted by molar-refractivity contribution is 7.10. The van der Waals surface area contributed by atoms with Gasteiger partial charge in [0.1, 0.15) is 17.6 Å². The SMILES string of the molecule is CCOc1ccc(/C(O)=C2/C(=O)C(=O)N(c3ccc(C)c(Cl)c3)C2c2cccs2)cc1C(C)C. The minimum atomic E-state index is -0.757. The van der Waals surface area contributed by atoms with Crippen molar-refractivity contribution in [3.05, 3.63) is 86.1 Å². The predicted molar refractivity (Wildman–Crippen MR) is 137 cm³/mol. The lowest BCUT2D eigenvalue weighted by atomic mass is 9.95. The molecule has 1 aliphatic heterocycles. The molecule has 2 aromatic carbocycles. The normalized spacial score (nSPS) is 17.6. The molecule has 0 spiro atoms. The number of ether oxygens (including phenoxy) is 1. The maximum absolute atomic E-state index is 13.3. The number of rotatable bonds is 6. The molecule has 1 amide bonds. The summed E-state index contributed by atoms with van der Waals surface area (Å²) in [6.07, 6.45) is 0. The van der Waals surface area contributed by atoms with Crippen molar-refractivity contribution in [3.63, 3.8) is 0 Å². The Kier molecular flexibility index (Phi) is 6.82. The molecule has 1 aliphatic rings. The summed E-state index contributed by atoms with van der Waals surface area (Å²) in [5, 5.41) is 13.8. The summed E-state index contributed by atoms with van der Waals surface area (Å²) in [5.41, 5.74) is 2.81. The Balaban J connectivity index is 1.90. The Morgan fingerprint density at radius 2 is 1.94 bits per heavy atom. The molecule has 0 bridgehead atoms. The zero-order valence-corrected chi connectivity index (χ0v) is 21.0. The van der Waals surface area contributed by atoms with Crippen LogP contribution in [-0.2, 0) is 9.59 Å². The molecule has 0 saturated carbocycles. The molecule has 1 N–H and O–H groups in total. The van der Waals surface area contributed by atoms with Crippen LogP contribution < -0.4 is 9.64 Å². The van der Waals surface area contributed by atoms with Gasteiger partial charge in [-0.05, 0) is 72.7 Å². The van der Waals surface area contributed by atoms with Crippen molar-refractivity contribution >= 4 is 46.1 Å². The van der Waals surface area contributed by atoms with E-state index in [9.17, 15) is 14.7 Å². The van der Waals surface area contributed by atoms with E-state index in [4.69, 9.17) is 16.3 Å². The van der Waals surface area contributed by atoms with Crippen LogP contribution in [0.5, 0.6) is 5.75 Å². The molecule has 176 valence electrons. The Morgan fingerprint density at radius 1 is 1.18 bits per heavy atom. The largest absolute Gasteiger partial charge is 0.507 e. The van der Waals surface area contributed by atoms with Gasteiger partial charge in [-0.15, -0.1) is 11.3 Å². The Labute approximate surface area is 208 Å². The smallest absolute Gasteiger partial charge is 0.300 e. The number of hydrogen-bond donors (Lipinski definition) is 1. The molecule has 2 heterocycles. The van der Waals surface area contributed by atoms with Crippen molar-refractivity contribution < 1.29 is 19.4 Å². The molecule has 3 aromatic rings. The van der Waals surface area contributed by atoms with Gasteiger partial charge in [0, 0.05) is 21.2 Å². The third-order valence-electron chi connectivity index (χ3n) is 5.90. The van der Waals surface area contributed by atoms with Crippen LogP contribution in [0.15, 0.2) is 59.5 Å². The van der Waals surface area contributed by atoms with E-state index in [-0.39, 0.29) is 17.3 Å². The average Bonchev–Trinajstić information content (AvgIpc) is 3.43. The van der Waals surface area contributed by atoms with Gasteiger partial charge in [0.2, 0.25) is 0 Å². The second kappa shape index (κ2) is 9.65. The summed E-state index contributed by atoms with van der Waals surface area (Å²) in [5.74, 6) is -0.761. The molecular formula is C27H26ClNO4S. The van der Waals surface area contributed by atoms with E-state index < -0.39 is 17.7 Å². The molecule has 4 rings (SSSR count). The topological polar surface area (TPSA) is 66.8 Å². The molecular weight excluding hydrogens is 470 g/mol. The lowest BCUT2D eigenvalue weighted by Crippen LogP contribution is -2.29. The lowest BCUT2D eigenvalue weighted by Gasteiger charge is -2.24. The highest BCUT2D eigenvalue weighted by Gasteiger charge is 2.47. The third kappa shape index (κ3) is 4.24. The van der Waals surface area contributed by atoms with E-state index in [1.54, 1.807) is 24.3 Å². The molecule has 0 aliphatic carbocycles. The fourth-order valence-electron chi connectivity index (χ4n) is 4.14. The molecule has 1 atom stereocenters. The van der Waals surface area contributed by atoms with Gasteiger partial charge in [0.15, 0.2) is 0 Å². The molecule has 1 fully saturated rings. The monoisotopic (exact) mass is 495 g/mol. The maximum Gasteiger partial charge on any atom is 0.300 e. The third-order valence-corrected chi connectivity index (χ3v) is 7.23. The van der Waals surface area contributed by atoms with Gasteiger partial charge < -0.3 is 9.84 Å². The first-order valence-corrected chi connectivity index (χ1v) is 12.4. The van der Waals surface area contributed by atoms with Gasteiger partial charge >= 0.3 is 0 Å². The van der Waals surface area contributed by atoms with Crippen LogP contribution in [-0.4, -0.2) is 23.4 Å². The first-order chi connectivity index (χ1) is 16.2. The number of aliphatic hydroxyl groups is 1. The minimum absolute atomic E-state index is 0.0583. The van der Waals surface area contributed by atoms with E-state index in [1.807, 2.05) is 57.3 Å². The number of ketones is 1. The summed E-state index contributed by atoms with van der Waals surface area (Å²) in [6.45, 7) is 8.38. The highest BCUT2D eigenvalue weighted by atomic mass is 35.5. The van der Waals surface area contributed by atoms with Crippen molar-refractivity contribution in [1.29, 1.82) is 0 Å². The molecule has 5 nitrogen and oxygen atoms in total. The van der Waals surface area contributed by atoms with Crippen molar-refractivity contribution in [3.8, 4) is 5.75 Å². The number of carbonyl (C=O) groups excluding carboxylic acids is 2. The standard InChI is InChI=1S/C27H26ClNO4S/c1-5-33-21-11-9-17(13-19(21)15(2)3)25(30)23-24(22-7-6-12-34-22)29(27(32)26(23)31)18-10-8-16(4)20(28)14-18/h6-15,24,30H,5H2,1-4H3/b25-23-. The van der Waals surface area contributed by atoms with E-state index in [0.29, 0.717) is 22.9 Å². The number of hydrogen-bond acceptors (Lipinski definition) is 5. The zero-order chi connectivity index (χ0) is 24.6. The van der Waals surface area contributed by atoms with E-state index in [1.165, 1.54) is 16.2 Å². The average molecular weight is 496 g/mol. The Morgan fingerprint density at radius 3 is 2.56 bits per heavy atom. The molecule has 7 heteroatoms. The van der Waals surface area contributed by atoms with Crippen LogP contribution >= 0.6 is 22.9 Å². The van der Waals surface area contributed by atoms with Gasteiger partial charge in [-0.25, -0.2) is 0 Å². The summed E-state index contributed by atoms with van der Waals surface area (Å²) < 4.78 is 5.73. The second-order valence-corrected chi connectivity index (χ2v) is 9.84. The van der Waals surface area contributed by atoms with Crippen LogP contribution in [0.3, 0.4) is 0 Å². The quantitative estimate of drug-likeness (QED) is 0.230. The number of nitrogens with zero attached hydrogens (tertiary/aromatic N) is 1. The molecule has 1 unspecified atom stereocenters. The fraction of sp³-hybridized carbons (Fsp3) is 0.259. The number of thiophene rings is 1. The van der Waals surface area contributed by atoms with Gasteiger partial charge in [-0.2, -0.15) is 0 Å². The van der Waals surface area contributed by atoms with E-state index in [0.717, 1.165) is 21.8 Å². The van der Waals surface area contributed by atoms with E-state index in [2.05, 4.69) is 0 Å². The second-order valence-electron chi connectivity index (χ2n) is 8.46.